The maximum atomic E-state index is 11.3. The van der Waals surface area contributed by atoms with Gasteiger partial charge < -0.3 is 0 Å². The molecule has 2 aromatic heterocycles. The van der Waals surface area contributed by atoms with E-state index in [0.29, 0.717) is 16.3 Å². The summed E-state index contributed by atoms with van der Waals surface area (Å²) in [5.41, 5.74) is 0.713. The minimum atomic E-state index is -3.71. The van der Waals surface area contributed by atoms with Gasteiger partial charge in [-0.2, -0.15) is 5.10 Å². The van der Waals surface area contributed by atoms with Gasteiger partial charge in [-0.15, -0.1) is 11.3 Å². The molecule has 0 bridgehead atoms. The Morgan fingerprint density at radius 1 is 1.24 bits per heavy atom. The monoisotopic (exact) mass is 338 g/mol. The minimum absolute atomic E-state index is 0.0546. The summed E-state index contributed by atoms with van der Waals surface area (Å²) in [5.74, 6) is 0.679. The van der Waals surface area contributed by atoms with Crippen molar-refractivity contribution in [3.8, 4) is 16.4 Å². The number of H-pyrrole nitrogens is 1. The van der Waals surface area contributed by atoms with E-state index in [4.69, 9.17) is 17.4 Å². The van der Waals surface area contributed by atoms with Crippen LogP contribution in [0.3, 0.4) is 0 Å². The summed E-state index contributed by atoms with van der Waals surface area (Å²) >= 11 is 6.78. The summed E-state index contributed by atoms with van der Waals surface area (Å²) in [6.45, 7) is 0. The lowest BCUT2D eigenvalue weighted by Gasteiger charge is -2.06. The predicted molar refractivity (Wildman–Crippen MR) is 83.4 cm³/mol. The number of sulfonamides is 1. The first-order valence-corrected chi connectivity index (χ1v) is 8.65. The molecule has 2 heterocycles. The van der Waals surface area contributed by atoms with Crippen molar-refractivity contribution in [1.29, 1.82) is 0 Å². The number of nitrogens with two attached hydrogens (primary N) is 1. The quantitative estimate of drug-likeness (QED) is 0.717. The first-order chi connectivity index (χ1) is 9.97. The van der Waals surface area contributed by atoms with Gasteiger partial charge >= 0.3 is 0 Å². The molecule has 21 heavy (non-hydrogen) atoms. The van der Waals surface area contributed by atoms with E-state index in [1.807, 2.05) is 17.5 Å². The Balaban J connectivity index is 2.14. The normalized spacial score (nSPS) is 11.7. The number of hydrogen-bond donors (Lipinski definition) is 2. The molecule has 0 fully saturated rings. The highest BCUT2D eigenvalue weighted by molar-refractivity contribution is 7.89. The van der Waals surface area contributed by atoms with Gasteiger partial charge in [-0.3, -0.25) is 9.67 Å². The maximum absolute atomic E-state index is 11.3. The first-order valence-electron chi connectivity index (χ1n) is 5.81. The zero-order chi connectivity index (χ0) is 15.0. The SMILES string of the molecule is NS(=O)(=O)c1ccc(-n2c(-c3cccs3)n[nH]c2=S)cc1. The van der Waals surface area contributed by atoms with Crippen molar-refractivity contribution in [2.24, 2.45) is 5.14 Å². The Morgan fingerprint density at radius 2 is 1.95 bits per heavy atom. The van der Waals surface area contributed by atoms with E-state index >= 15 is 0 Å². The van der Waals surface area contributed by atoms with Gasteiger partial charge in [0, 0.05) is 0 Å². The molecule has 0 atom stereocenters. The highest BCUT2D eigenvalue weighted by atomic mass is 32.2. The van der Waals surface area contributed by atoms with E-state index in [-0.39, 0.29) is 4.90 Å². The largest absolute Gasteiger partial charge is 0.267 e. The van der Waals surface area contributed by atoms with Crippen LogP contribution >= 0.6 is 23.6 Å². The Kier molecular flexibility index (Phi) is 3.49. The van der Waals surface area contributed by atoms with Crippen LogP contribution in [0.5, 0.6) is 0 Å². The van der Waals surface area contributed by atoms with Gasteiger partial charge in [-0.25, -0.2) is 13.6 Å². The molecular weight excluding hydrogens is 328 g/mol. The molecule has 1 aromatic carbocycles. The summed E-state index contributed by atoms with van der Waals surface area (Å²) in [6.07, 6.45) is 0. The second-order valence-corrected chi connectivity index (χ2v) is 7.10. The standard InChI is InChI=1S/C12H10N4O2S3/c13-21(17,18)9-5-3-8(4-6-9)16-11(14-15-12(16)19)10-2-1-7-20-10/h1-7H,(H,15,19)(H2,13,17,18). The molecule has 9 heteroatoms. The van der Waals surface area contributed by atoms with Gasteiger partial charge in [0.15, 0.2) is 10.6 Å². The Morgan fingerprint density at radius 3 is 2.52 bits per heavy atom. The smallest absolute Gasteiger partial charge is 0.238 e. The molecule has 0 unspecified atom stereocenters. The highest BCUT2D eigenvalue weighted by Crippen LogP contribution is 2.25. The van der Waals surface area contributed by atoms with Crippen LogP contribution in [0.2, 0.25) is 0 Å². The second kappa shape index (κ2) is 5.19. The van der Waals surface area contributed by atoms with Gasteiger partial charge in [0.25, 0.3) is 0 Å². The number of aromatic amines is 1. The molecule has 0 radical (unpaired) electrons. The number of primary sulfonamides is 1. The second-order valence-electron chi connectivity index (χ2n) is 4.20. The molecule has 108 valence electrons. The number of rotatable bonds is 3. The van der Waals surface area contributed by atoms with Crippen LogP contribution in [0.25, 0.3) is 16.4 Å². The van der Waals surface area contributed by atoms with Crippen LogP contribution < -0.4 is 5.14 Å². The molecule has 0 saturated heterocycles. The van der Waals surface area contributed by atoms with E-state index in [1.54, 1.807) is 28.0 Å². The fourth-order valence-electron chi connectivity index (χ4n) is 1.89. The highest BCUT2D eigenvalue weighted by Gasteiger charge is 2.13. The zero-order valence-electron chi connectivity index (χ0n) is 10.6. The molecule has 0 spiro atoms. The van der Waals surface area contributed by atoms with Crippen LogP contribution in [0.1, 0.15) is 0 Å². The molecule has 0 amide bonds. The van der Waals surface area contributed by atoms with Gasteiger partial charge in [0.2, 0.25) is 10.0 Å². The fourth-order valence-corrected chi connectivity index (χ4v) is 3.35. The minimum Gasteiger partial charge on any atom is -0.267 e. The number of thiophene rings is 1. The average Bonchev–Trinajstić information content (AvgIpc) is 3.06. The van der Waals surface area contributed by atoms with Crippen molar-refractivity contribution < 1.29 is 8.42 Å². The van der Waals surface area contributed by atoms with Crippen LogP contribution in [-0.4, -0.2) is 23.2 Å². The van der Waals surface area contributed by atoms with Crippen molar-refractivity contribution in [3.05, 3.63) is 46.5 Å². The van der Waals surface area contributed by atoms with E-state index in [1.165, 1.54) is 12.1 Å². The van der Waals surface area contributed by atoms with Gasteiger partial charge in [0.05, 0.1) is 15.5 Å². The number of benzene rings is 1. The molecular formula is C12H10N4O2S3. The maximum Gasteiger partial charge on any atom is 0.238 e. The molecule has 0 aliphatic heterocycles. The van der Waals surface area contributed by atoms with Gasteiger partial charge in [0.1, 0.15) is 0 Å². The van der Waals surface area contributed by atoms with Gasteiger partial charge in [-0.1, -0.05) is 6.07 Å². The number of nitrogens with zero attached hydrogens (tertiary/aromatic N) is 2. The van der Waals surface area contributed by atoms with E-state index in [0.717, 1.165) is 4.88 Å². The average molecular weight is 338 g/mol. The lowest BCUT2D eigenvalue weighted by Crippen LogP contribution is -2.12. The summed E-state index contributed by atoms with van der Waals surface area (Å²) < 4.78 is 24.7. The Labute approximate surface area is 129 Å². The summed E-state index contributed by atoms with van der Waals surface area (Å²) in [4.78, 5) is 1.01. The van der Waals surface area contributed by atoms with Gasteiger partial charge in [-0.05, 0) is 47.9 Å². The van der Waals surface area contributed by atoms with Crippen molar-refractivity contribution in [3.63, 3.8) is 0 Å². The van der Waals surface area contributed by atoms with Crippen LogP contribution in [-0.2, 0) is 10.0 Å². The molecule has 0 aliphatic rings. The lowest BCUT2D eigenvalue weighted by atomic mass is 10.3. The first kappa shape index (κ1) is 14.1. The molecule has 6 nitrogen and oxygen atoms in total. The summed E-state index contributed by atoms with van der Waals surface area (Å²) in [6, 6.07) is 10.0. The van der Waals surface area contributed by atoms with Crippen molar-refractivity contribution >= 4 is 33.6 Å². The fraction of sp³-hybridized carbons (Fsp3) is 0. The third-order valence-corrected chi connectivity index (χ3v) is 4.91. The van der Waals surface area contributed by atoms with Crippen molar-refractivity contribution in [1.82, 2.24) is 14.8 Å². The molecule has 0 saturated carbocycles. The van der Waals surface area contributed by atoms with E-state index in [2.05, 4.69) is 10.2 Å². The van der Waals surface area contributed by atoms with Crippen LogP contribution in [0.4, 0.5) is 0 Å². The molecule has 3 N–H and O–H groups in total. The van der Waals surface area contributed by atoms with E-state index < -0.39 is 10.0 Å². The summed E-state index contributed by atoms with van der Waals surface area (Å²) in [5, 5.41) is 14.0. The Bertz CT molecular complexity index is 922. The number of nitrogens with one attached hydrogen (secondary N) is 1. The molecule has 0 aliphatic carbocycles. The molecule has 3 aromatic rings. The topological polar surface area (TPSA) is 93.8 Å². The number of aromatic nitrogens is 3. The summed E-state index contributed by atoms with van der Waals surface area (Å²) in [7, 11) is -3.71. The molecule has 3 rings (SSSR count). The third-order valence-electron chi connectivity index (χ3n) is 2.84. The van der Waals surface area contributed by atoms with E-state index in [9.17, 15) is 8.42 Å². The van der Waals surface area contributed by atoms with Crippen LogP contribution in [0, 0.1) is 4.77 Å². The lowest BCUT2D eigenvalue weighted by molar-refractivity contribution is 0.598. The predicted octanol–water partition coefficient (Wildman–Crippen LogP) is 2.31. The number of hydrogen-bond acceptors (Lipinski definition) is 5. The zero-order valence-corrected chi connectivity index (χ0v) is 13.0. The van der Waals surface area contributed by atoms with Crippen molar-refractivity contribution in [2.45, 2.75) is 4.90 Å². The Hall–Kier alpha value is -1.81. The van der Waals surface area contributed by atoms with Crippen molar-refractivity contribution in [2.75, 3.05) is 0 Å². The van der Waals surface area contributed by atoms with Crippen LogP contribution in [0.15, 0.2) is 46.7 Å². The third kappa shape index (κ3) is 2.68.